The predicted molar refractivity (Wildman–Crippen MR) is 106 cm³/mol. The highest BCUT2D eigenvalue weighted by molar-refractivity contribution is 5.92. The second kappa shape index (κ2) is 8.17. The fraction of sp³-hybridized carbons (Fsp3) is 0.227. The average Bonchev–Trinajstić information content (AvgIpc) is 2.75. The molecule has 0 saturated carbocycles. The van der Waals surface area contributed by atoms with Crippen molar-refractivity contribution in [2.45, 2.75) is 19.4 Å². The van der Waals surface area contributed by atoms with Gasteiger partial charge in [-0.3, -0.25) is 4.79 Å². The van der Waals surface area contributed by atoms with Gasteiger partial charge in [-0.1, -0.05) is 42.5 Å². The molecule has 2 aromatic carbocycles. The summed E-state index contributed by atoms with van der Waals surface area (Å²) < 4.78 is 13.7. The maximum atomic E-state index is 13.7. The number of benzene rings is 2. The molecule has 0 bridgehead atoms. The van der Waals surface area contributed by atoms with Crippen LogP contribution in [0.15, 0.2) is 60.9 Å². The first-order valence-corrected chi connectivity index (χ1v) is 9.36. The standard InChI is InChI=1S/C22H21FN4O/c23-19-8-4-3-6-17(19)9-11-24-22(28)20-13-21(26-15-25-20)27-12-10-16-5-1-2-7-18(16)14-27/h1-8,13,15H,9-12,14H2,(H,24,28). The molecule has 1 aromatic heterocycles. The topological polar surface area (TPSA) is 58.1 Å². The molecule has 1 aliphatic rings. The van der Waals surface area contributed by atoms with Crippen molar-refractivity contribution in [3.63, 3.8) is 0 Å². The minimum Gasteiger partial charge on any atom is -0.352 e. The summed E-state index contributed by atoms with van der Waals surface area (Å²) in [5.74, 6) is 0.201. The van der Waals surface area contributed by atoms with E-state index in [9.17, 15) is 9.18 Å². The van der Waals surface area contributed by atoms with E-state index in [1.54, 1.807) is 24.3 Å². The van der Waals surface area contributed by atoms with E-state index in [0.717, 1.165) is 25.3 Å². The zero-order valence-corrected chi connectivity index (χ0v) is 15.4. The molecule has 0 radical (unpaired) electrons. The fourth-order valence-corrected chi connectivity index (χ4v) is 3.44. The molecule has 2 heterocycles. The molecule has 5 nitrogen and oxygen atoms in total. The number of aromatic nitrogens is 2. The van der Waals surface area contributed by atoms with Crippen molar-refractivity contribution in [1.29, 1.82) is 0 Å². The van der Waals surface area contributed by atoms with E-state index in [2.05, 4.69) is 38.4 Å². The predicted octanol–water partition coefficient (Wildman–Crippen LogP) is 3.15. The van der Waals surface area contributed by atoms with Gasteiger partial charge in [0.05, 0.1) is 0 Å². The Labute approximate surface area is 163 Å². The number of nitrogens with zero attached hydrogens (tertiary/aromatic N) is 3. The van der Waals surface area contributed by atoms with Gasteiger partial charge in [0.1, 0.15) is 23.7 Å². The molecule has 0 atom stereocenters. The first-order valence-electron chi connectivity index (χ1n) is 9.36. The minimum atomic E-state index is -0.280. The van der Waals surface area contributed by atoms with Crippen molar-refractivity contribution < 1.29 is 9.18 Å². The SMILES string of the molecule is O=C(NCCc1ccccc1F)c1cc(N2CCc3ccccc3C2)ncn1. The molecular weight excluding hydrogens is 355 g/mol. The number of rotatable bonds is 5. The lowest BCUT2D eigenvalue weighted by atomic mass is 10.00. The highest BCUT2D eigenvalue weighted by Gasteiger charge is 2.18. The third-order valence-corrected chi connectivity index (χ3v) is 4.98. The number of amides is 1. The molecule has 0 spiro atoms. The van der Waals surface area contributed by atoms with Crippen molar-refractivity contribution in [2.24, 2.45) is 0 Å². The molecule has 1 amide bonds. The Morgan fingerprint density at radius 1 is 1.07 bits per heavy atom. The van der Waals surface area contributed by atoms with E-state index < -0.39 is 0 Å². The summed E-state index contributed by atoms with van der Waals surface area (Å²) in [6.45, 7) is 1.96. The summed E-state index contributed by atoms with van der Waals surface area (Å²) in [6, 6.07) is 16.7. The van der Waals surface area contributed by atoms with E-state index in [-0.39, 0.29) is 11.7 Å². The van der Waals surface area contributed by atoms with Gasteiger partial charge in [-0.05, 0) is 35.6 Å². The van der Waals surface area contributed by atoms with E-state index in [1.807, 2.05) is 6.07 Å². The lowest BCUT2D eigenvalue weighted by molar-refractivity contribution is 0.0949. The molecule has 142 valence electrons. The van der Waals surface area contributed by atoms with Gasteiger partial charge in [0, 0.05) is 25.7 Å². The molecular formula is C22H21FN4O. The maximum Gasteiger partial charge on any atom is 0.270 e. The molecule has 1 N–H and O–H groups in total. The second-order valence-electron chi connectivity index (χ2n) is 6.80. The first kappa shape index (κ1) is 18.1. The second-order valence-corrected chi connectivity index (χ2v) is 6.80. The van der Waals surface area contributed by atoms with Crippen LogP contribution in [0, 0.1) is 5.82 Å². The third kappa shape index (κ3) is 4.01. The number of carbonyl (C=O) groups is 1. The number of halogens is 1. The first-order chi connectivity index (χ1) is 13.7. The van der Waals surface area contributed by atoms with Gasteiger partial charge in [-0.25, -0.2) is 14.4 Å². The van der Waals surface area contributed by atoms with Crippen LogP contribution in [0.2, 0.25) is 0 Å². The van der Waals surface area contributed by atoms with Gasteiger partial charge in [0.15, 0.2) is 0 Å². The van der Waals surface area contributed by atoms with Gasteiger partial charge in [-0.15, -0.1) is 0 Å². The monoisotopic (exact) mass is 376 g/mol. The Hall–Kier alpha value is -3.28. The van der Waals surface area contributed by atoms with Crippen LogP contribution in [-0.4, -0.2) is 29.0 Å². The maximum absolute atomic E-state index is 13.7. The van der Waals surface area contributed by atoms with E-state index in [4.69, 9.17) is 0 Å². The zero-order chi connectivity index (χ0) is 19.3. The Morgan fingerprint density at radius 2 is 1.86 bits per heavy atom. The third-order valence-electron chi connectivity index (χ3n) is 4.98. The van der Waals surface area contributed by atoms with Crippen LogP contribution in [0.4, 0.5) is 10.2 Å². The van der Waals surface area contributed by atoms with Crippen molar-refractivity contribution >= 4 is 11.7 Å². The van der Waals surface area contributed by atoms with Crippen molar-refractivity contribution in [1.82, 2.24) is 15.3 Å². The Bertz CT molecular complexity index is 992. The lowest BCUT2D eigenvalue weighted by Gasteiger charge is -2.29. The molecule has 0 saturated heterocycles. The number of hydrogen-bond donors (Lipinski definition) is 1. The van der Waals surface area contributed by atoms with Crippen LogP contribution >= 0.6 is 0 Å². The Morgan fingerprint density at radius 3 is 2.71 bits per heavy atom. The lowest BCUT2D eigenvalue weighted by Crippen LogP contribution is -2.32. The number of carbonyl (C=O) groups excluding carboxylic acids is 1. The van der Waals surface area contributed by atoms with Crippen LogP contribution in [0.25, 0.3) is 0 Å². The van der Waals surface area contributed by atoms with Gasteiger partial charge in [0.25, 0.3) is 5.91 Å². The molecule has 0 unspecified atom stereocenters. The van der Waals surface area contributed by atoms with Gasteiger partial charge >= 0.3 is 0 Å². The molecule has 28 heavy (non-hydrogen) atoms. The fourth-order valence-electron chi connectivity index (χ4n) is 3.44. The average molecular weight is 376 g/mol. The minimum absolute atomic E-state index is 0.258. The summed E-state index contributed by atoms with van der Waals surface area (Å²) in [7, 11) is 0. The Balaban J connectivity index is 1.39. The van der Waals surface area contributed by atoms with Crippen LogP contribution < -0.4 is 10.2 Å². The summed E-state index contributed by atoms with van der Waals surface area (Å²) in [5.41, 5.74) is 3.54. The van der Waals surface area contributed by atoms with Crippen LogP contribution in [0.1, 0.15) is 27.2 Å². The molecule has 4 rings (SSSR count). The highest BCUT2D eigenvalue weighted by atomic mass is 19.1. The summed E-state index contributed by atoms with van der Waals surface area (Å²) in [5, 5.41) is 2.81. The van der Waals surface area contributed by atoms with E-state index in [1.165, 1.54) is 23.5 Å². The van der Waals surface area contributed by atoms with Crippen LogP contribution in [0.3, 0.4) is 0 Å². The number of hydrogen-bond acceptors (Lipinski definition) is 4. The largest absolute Gasteiger partial charge is 0.352 e. The van der Waals surface area contributed by atoms with Crippen molar-refractivity contribution in [3.8, 4) is 0 Å². The van der Waals surface area contributed by atoms with Crippen molar-refractivity contribution in [3.05, 3.63) is 89.1 Å². The zero-order valence-electron chi connectivity index (χ0n) is 15.4. The van der Waals surface area contributed by atoms with Gasteiger partial charge < -0.3 is 10.2 Å². The quantitative estimate of drug-likeness (QED) is 0.743. The molecule has 0 fully saturated rings. The highest BCUT2D eigenvalue weighted by Crippen LogP contribution is 2.23. The molecule has 3 aromatic rings. The van der Waals surface area contributed by atoms with Crippen LogP contribution in [0.5, 0.6) is 0 Å². The smallest absolute Gasteiger partial charge is 0.270 e. The molecule has 0 aliphatic carbocycles. The summed E-state index contributed by atoms with van der Waals surface area (Å²) in [6.07, 6.45) is 2.80. The van der Waals surface area contributed by atoms with Crippen LogP contribution in [-0.2, 0) is 19.4 Å². The summed E-state index contributed by atoms with van der Waals surface area (Å²) >= 11 is 0. The normalized spacial score (nSPS) is 13.1. The van der Waals surface area contributed by atoms with Crippen molar-refractivity contribution in [2.75, 3.05) is 18.0 Å². The molecule has 6 heteroatoms. The van der Waals surface area contributed by atoms with E-state index >= 15 is 0 Å². The molecule has 1 aliphatic heterocycles. The van der Waals surface area contributed by atoms with E-state index in [0.29, 0.717) is 24.2 Å². The number of fused-ring (bicyclic) bond motifs is 1. The van der Waals surface area contributed by atoms with Gasteiger partial charge in [0.2, 0.25) is 0 Å². The van der Waals surface area contributed by atoms with Gasteiger partial charge in [-0.2, -0.15) is 0 Å². The summed E-state index contributed by atoms with van der Waals surface area (Å²) in [4.78, 5) is 23.0. The number of anilines is 1. The Kier molecular flexibility index (Phi) is 5.28. The number of nitrogens with one attached hydrogen (secondary N) is 1.